The van der Waals surface area contributed by atoms with E-state index in [1.165, 1.54) is 24.5 Å². The number of ether oxygens (including phenoxy) is 1. The van der Waals surface area contributed by atoms with Gasteiger partial charge in [0.15, 0.2) is 0 Å². The molecular formula is C27H26F7N5O. The molecule has 2 aliphatic heterocycles. The summed E-state index contributed by atoms with van der Waals surface area (Å²) >= 11 is 0. The zero-order valence-corrected chi connectivity index (χ0v) is 21.2. The maximum Gasteiger partial charge on any atom is 0.419 e. The number of hydrogen-bond acceptors (Lipinski definition) is 6. The van der Waals surface area contributed by atoms with Crippen molar-refractivity contribution in [3.63, 3.8) is 0 Å². The van der Waals surface area contributed by atoms with Crippen LogP contribution in [-0.2, 0) is 12.4 Å². The smallest absolute Gasteiger partial charge is 0.419 e. The molecule has 13 heteroatoms. The number of anilines is 3. The zero-order valence-electron chi connectivity index (χ0n) is 21.2. The largest absolute Gasteiger partial charge is 0.474 e. The minimum absolute atomic E-state index is 0.196. The first-order valence-corrected chi connectivity index (χ1v) is 12.7. The molecule has 0 amide bonds. The Kier molecular flexibility index (Phi) is 7.65. The molecule has 3 aromatic rings. The number of halogens is 7. The lowest BCUT2D eigenvalue weighted by Crippen LogP contribution is -2.46. The summed E-state index contributed by atoms with van der Waals surface area (Å²) in [5.41, 5.74) is -0.926. The van der Waals surface area contributed by atoms with Crippen LogP contribution in [0.5, 0.6) is 5.88 Å². The molecule has 0 bridgehead atoms. The van der Waals surface area contributed by atoms with E-state index >= 15 is 0 Å². The van der Waals surface area contributed by atoms with Crippen LogP contribution in [0.15, 0.2) is 54.9 Å². The first-order chi connectivity index (χ1) is 19.0. The van der Waals surface area contributed by atoms with Gasteiger partial charge in [-0.3, -0.25) is 0 Å². The second-order valence-corrected chi connectivity index (χ2v) is 9.70. The average Bonchev–Trinajstić information content (AvgIpc) is 2.93. The minimum atomic E-state index is -4.76. The maximum absolute atomic E-state index is 13.6. The number of rotatable bonds is 5. The van der Waals surface area contributed by atoms with Crippen LogP contribution in [-0.4, -0.2) is 55.3 Å². The maximum atomic E-state index is 13.6. The van der Waals surface area contributed by atoms with Gasteiger partial charge < -0.3 is 19.4 Å². The Morgan fingerprint density at radius 3 is 1.90 bits per heavy atom. The summed E-state index contributed by atoms with van der Waals surface area (Å²) in [6, 6.07) is 9.88. The van der Waals surface area contributed by atoms with Crippen LogP contribution < -0.4 is 19.4 Å². The van der Waals surface area contributed by atoms with Crippen LogP contribution in [0.1, 0.15) is 24.0 Å². The highest BCUT2D eigenvalue weighted by atomic mass is 19.4. The number of nitrogens with zero attached hydrogens (tertiary/aromatic N) is 5. The molecule has 1 aromatic heterocycles. The van der Waals surface area contributed by atoms with Gasteiger partial charge in [-0.05, 0) is 42.5 Å². The van der Waals surface area contributed by atoms with Crippen molar-refractivity contribution in [3.8, 4) is 5.88 Å². The van der Waals surface area contributed by atoms with Crippen molar-refractivity contribution in [3.05, 3.63) is 71.8 Å². The van der Waals surface area contributed by atoms with Gasteiger partial charge in [-0.1, -0.05) is 0 Å². The van der Waals surface area contributed by atoms with Crippen molar-refractivity contribution in [1.82, 2.24) is 9.97 Å². The molecule has 40 heavy (non-hydrogen) atoms. The lowest BCUT2D eigenvalue weighted by Gasteiger charge is -2.37. The van der Waals surface area contributed by atoms with E-state index in [-0.39, 0.29) is 6.10 Å². The first kappa shape index (κ1) is 27.8. The highest BCUT2D eigenvalue weighted by Crippen LogP contribution is 2.35. The van der Waals surface area contributed by atoms with Crippen molar-refractivity contribution >= 4 is 17.2 Å². The summed E-state index contributed by atoms with van der Waals surface area (Å²) in [7, 11) is 0. The standard InChI is InChI=1S/C27H26F7N5O/c28-23-6-5-20(15-22(23)27(32,33)34)37-9-7-21(8-10-37)40-25-16-24(35-17-36-25)39-13-11-38(12-14-39)19-3-1-18(2-4-19)26(29,30)31/h1-6,15-17,21H,7-14H2. The van der Waals surface area contributed by atoms with Crippen molar-refractivity contribution in [2.75, 3.05) is 54.0 Å². The van der Waals surface area contributed by atoms with E-state index in [0.717, 1.165) is 30.0 Å². The van der Waals surface area contributed by atoms with Crippen LogP contribution in [0.3, 0.4) is 0 Å². The van der Waals surface area contributed by atoms with Gasteiger partial charge in [-0.15, -0.1) is 0 Å². The fourth-order valence-electron chi connectivity index (χ4n) is 4.95. The Bertz CT molecular complexity index is 1300. The highest BCUT2D eigenvalue weighted by molar-refractivity contribution is 5.52. The molecule has 0 N–H and O–H groups in total. The summed E-state index contributed by atoms with van der Waals surface area (Å²) in [5.74, 6) is -0.245. The van der Waals surface area contributed by atoms with Gasteiger partial charge in [0.2, 0.25) is 5.88 Å². The van der Waals surface area contributed by atoms with Gasteiger partial charge in [0, 0.05) is 69.6 Å². The fourth-order valence-corrected chi connectivity index (χ4v) is 4.95. The number of piperazine rings is 1. The number of hydrogen-bond donors (Lipinski definition) is 0. The number of aromatic nitrogens is 2. The summed E-state index contributed by atoms with van der Waals surface area (Å²) < 4.78 is 97.5. The minimum Gasteiger partial charge on any atom is -0.474 e. The summed E-state index contributed by atoms with van der Waals surface area (Å²) in [6.07, 6.45) is -6.84. The van der Waals surface area contributed by atoms with E-state index in [4.69, 9.17) is 4.74 Å². The monoisotopic (exact) mass is 569 g/mol. The Balaban J connectivity index is 1.14. The zero-order chi connectivity index (χ0) is 28.5. The molecule has 214 valence electrons. The summed E-state index contributed by atoms with van der Waals surface area (Å²) in [6.45, 7) is 3.29. The van der Waals surface area contributed by atoms with Crippen LogP contribution in [0, 0.1) is 5.82 Å². The first-order valence-electron chi connectivity index (χ1n) is 12.7. The van der Waals surface area contributed by atoms with Gasteiger partial charge in [0.25, 0.3) is 0 Å². The Labute approximate surface area is 226 Å². The predicted molar refractivity (Wildman–Crippen MR) is 135 cm³/mol. The van der Waals surface area contributed by atoms with Gasteiger partial charge in [0.1, 0.15) is 24.1 Å². The summed E-state index contributed by atoms with van der Waals surface area (Å²) in [4.78, 5) is 14.4. The normalized spacial score (nSPS) is 17.3. The molecule has 2 aliphatic rings. The fraction of sp³-hybridized carbons (Fsp3) is 0.407. The van der Waals surface area contributed by atoms with Crippen LogP contribution >= 0.6 is 0 Å². The van der Waals surface area contributed by atoms with Gasteiger partial charge in [-0.2, -0.15) is 26.3 Å². The summed E-state index contributed by atoms with van der Waals surface area (Å²) in [5, 5.41) is 0. The van der Waals surface area contributed by atoms with Crippen LogP contribution in [0.25, 0.3) is 0 Å². The molecule has 2 fully saturated rings. The van der Waals surface area contributed by atoms with E-state index in [1.807, 2.05) is 9.80 Å². The second kappa shape index (κ2) is 11.0. The molecular weight excluding hydrogens is 543 g/mol. The van der Waals surface area contributed by atoms with Crippen molar-refractivity contribution in [2.45, 2.75) is 31.3 Å². The molecule has 0 atom stereocenters. The molecule has 0 radical (unpaired) electrons. The molecule has 0 unspecified atom stereocenters. The quantitative estimate of drug-likeness (QED) is 0.350. The third kappa shape index (κ3) is 6.34. The number of alkyl halides is 6. The topological polar surface area (TPSA) is 44.7 Å². The third-order valence-corrected chi connectivity index (χ3v) is 7.14. The Morgan fingerprint density at radius 2 is 1.27 bits per heavy atom. The third-order valence-electron chi connectivity index (χ3n) is 7.14. The SMILES string of the molecule is Fc1ccc(N2CCC(Oc3cc(N4CCN(c5ccc(C(F)(F)F)cc5)CC4)ncn3)CC2)cc1C(F)(F)F. The van der Waals surface area contributed by atoms with E-state index in [2.05, 4.69) is 9.97 Å². The average molecular weight is 570 g/mol. The van der Waals surface area contributed by atoms with Crippen LogP contribution in [0.2, 0.25) is 0 Å². The van der Waals surface area contributed by atoms with Gasteiger partial charge in [-0.25, -0.2) is 14.4 Å². The molecule has 2 saturated heterocycles. The predicted octanol–water partition coefficient (Wildman–Crippen LogP) is 6.03. The number of benzene rings is 2. The molecule has 0 saturated carbocycles. The molecule has 6 nitrogen and oxygen atoms in total. The van der Waals surface area contributed by atoms with Crippen molar-refractivity contribution < 1.29 is 35.5 Å². The lowest BCUT2D eigenvalue weighted by atomic mass is 10.1. The second-order valence-electron chi connectivity index (χ2n) is 9.70. The van der Waals surface area contributed by atoms with Gasteiger partial charge in [0.05, 0.1) is 11.1 Å². The molecule has 5 rings (SSSR count). The number of piperidine rings is 1. The van der Waals surface area contributed by atoms with E-state index < -0.39 is 29.3 Å². The molecule has 0 spiro atoms. The van der Waals surface area contributed by atoms with Crippen molar-refractivity contribution in [1.29, 1.82) is 0 Å². The Morgan fingerprint density at radius 1 is 0.675 bits per heavy atom. The Hall–Kier alpha value is -3.77. The van der Waals surface area contributed by atoms with Crippen molar-refractivity contribution in [2.24, 2.45) is 0 Å². The van der Waals surface area contributed by atoms with E-state index in [1.54, 1.807) is 11.0 Å². The van der Waals surface area contributed by atoms with E-state index in [0.29, 0.717) is 69.5 Å². The molecule has 2 aromatic carbocycles. The molecule has 0 aliphatic carbocycles. The highest BCUT2D eigenvalue weighted by Gasteiger charge is 2.35. The molecule has 3 heterocycles. The van der Waals surface area contributed by atoms with Gasteiger partial charge >= 0.3 is 12.4 Å². The lowest BCUT2D eigenvalue weighted by molar-refractivity contribution is -0.140. The van der Waals surface area contributed by atoms with Crippen LogP contribution in [0.4, 0.5) is 47.9 Å². The van der Waals surface area contributed by atoms with E-state index in [9.17, 15) is 30.7 Å².